The van der Waals surface area contributed by atoms with Crippen molar-refractivity contribution >= 4 is 0 Å². The fourth-order valence-corrected chi connectivity index (χ4v) is 2.72. The molecule has 1 N–H and O–H groups in total. The number of likely N-dealkylation sites (tertiary alicyclic amines) is 1. The Morgan fingerprint density at radius 1 is 1.29 bits per heavy atom. The van der Waals surface area contributed by atoms with Crippen LogP contribution in [-0.2, 0) is 5.60 Å². The molecule has 0 amide bonds. The lowest BCUT2D eigenvalue weighted by molar-refractivity contribution is -0.00266. The Morgan fingerprint density at radius 3 is 2.47 bits per heavy atom. The first-order chi connectivity index (χ1) is 7.92. The SMILES string of the molecule is CC(O)(CN1CCCC1(C)C)c1ccccc1. The normalized spacial score (nSPS) is 23.5. The molecule has 1 aromatic rings. The number of benzene rings is 1. The van der Waals surface area contributed by atoms with Crippen LogP contribution in [0.25, 0.3) is 0 Å². The maximum absolute atomic E-state index is 10.6. The van der Waals surface area contributed by atoms with Crippen LogP contribution >= 0.6 is 0 Å². The highest BCUT2D eigenvalue weighted by molar-refractivity contribution is 5.22. The highest BCUT2D eigenvalue weighted by Gasteiger charge is 2.36. The summed E-state index contributed by atoms with van der Waals surface area (Å²) in [5.74, 6) is 0. The number of hydrogen-bond donors (Lipinski definition) is 1. The average molecular weight is 233 g/mol. The van der Waals surface area contributed by atoms with Crippen molar-refractivity contribution in [2.24, 2.45) is 0 Å². The van der Waals surface area contributed by atoms with Crippen molar-refractivity contribution in [3.63, 3.8) is 0 Å². The average Bonchev–Trinajstić information content (AvgIpc) is 2.59. The predicted molar refractivity (Wildman–Crippen MR) is 70.9 cm³/mol. The Kier molecular flexibility index (Phi) is 3.28. The molecule has 0 aromatic heterocycles. The third-order valence-corrected chi connectivity index (χ3v) is 3.97. The van der Waals surface area contributed by atoms with E-state index in [1.165, 1.54) is 12.8 Å². The van der Waals surface area contributed by atoms with Gasteiger partial charge in [-0.25, -0.2) is 0 Å². The van der Waals surface area contributed by atoms with E-state index >= 15 is 0 Å². The maximum Gasteiger partial charge on any atom is 0.0995 e. The molecular formula is C15H23NO. The largest absolute Gasteiger partial charge is 0.384 e. The molecule has 0 spiro atoms. The number of hydrogen-bond acceptors (Lipinski definition) is 2. The van der Waals surface area contributed by atoms with Gasteiger partial charge >= 0.3 is 0 Å². The Labute approximate surface area is 104 Å². The highest BCUT2D eigenvalue weighted by atomic mass is 16.3. The van der Waals surface area contributed by atoms with Crippen molar-refractivity contribution in [1.29, 1.82) is 0 Å². The molecule has 1 saturated heterocycles. The second-order valence-corrected chi connectivity index (χ2v) is 5.98. The van der Waals surface area contributed by atoms with Crippen molar-refractivity contribution in [2.75, 3.05) is 13.1 Å². The van der Waals surface area contributed by atoms with Crippen LogP contribution in [0.2, 0.25) is 0 Å². The van der Waals surface area contributed by atoms with E-state index in [2.05, 4.69) is 18.7 Å². The molecule has 1 heterocycles. The van der Waals surface area contributed by atoms with Crippen molar-refractivity contribution in [1.82, 2.24) is 4.90 Å². The third-order valence-electron chi connectivity index (χ3n) is 3.97. The van der Waals surface area contributed by atoms with Gasteiger partial charge in [-0.2, -0.15) is 0 Å². The molecule has 0 aliphatic carbocycles. The maximum atomic E-state index is 10.6. The second-order valence-electron chi connectivity index (χ2n) is 5.98. The van der Waals surface area contributed by atoms with Gasteiger partial charge in [-0.05, 0) is 45.7 Å². The molecule has 17 heavy (non-hydrogen) atoms. The quantitative estimate of drug-likeness (QED) is 0.867. The van der Waals surface area contributed by atoms with E-state index in [1.54, 1.807) is 0 Å². The van der Waals surface area contributed by atoms with E-state index in [0.717, 1.165) is 12.1 Å². The summed E-state index contributed by atoms with van der Waals surface area (Å²) in [5, 5.41) is 10.6. The van der Waals surface area contributed by atoms with Gasteiger partial charge in [0.2, 0.25) is 0 Å². The van der Waals surface area contributed by atoms with E-state index in [-0.39, 0.29) is 5.54 Å². The first kappa shape index (κ1) is 12.6. The molecule has 2 heteroatoms. The minimum Gasteiger partial charge on any atom is -0.384 e. The number of nitrogens with zero attached hydrogens (tertiary/aromatic N) is 1. The molecule has 0 bridgehead atoms. The van der Waals surface area contributed by atoms with E-state index in [4.69, 9.17) is 0 Å². The molecule has 1 unspecified atom stereocenters. The molecule has 1 atom stereocenters. The summed E-state index contributed by atoms with van der Waals surface area (Å²) < 4.78 is 0. The lowest BCUT2D eigenvalue weighted by Gasteiger charge is -2.37. The van der Waals surface area contributed by atoms with Gasteiger partial charge < -0.3 is 5.11 Å². The second kappa shape index (κ2) is 4.43. The van der Waals surface area contributed by atoms with Crippen molar-refractivity contribution < 1.29 is 5.11 Å². The molecule has 1 aliphatic heterocycles. The summed E-state index contributed by atoms with van der Waals surface area (Å²) in [5.41, 5.74) is 0.462. The van der Waals surface area contributed by atoms with Crippen molar-refractivity contribution in [3.8, 4) is 0 Å². The molecule has 1 fully saturated rings. The fraction of sp³-hybridized carbons (Fsp3) is 0.600. The van der Waals surface area contributed by atoms with Gasteiger partial charge in [0.05, 0.1) is 5.60 Å². The van der Waals surface area contributed by atoms with Gasteiger partial charge in [-0.15, -0.1) is 0 Å². The summed E-state index contributed by atoms with van der Waals surface area (Å²) in [6.07, 6.45) is 2.45. The van der Waals surface area contributed by atoms with Gasteiger partial charge in [0, 0.05) is 12.1 Å². The highest BCUT2D eigenvalue weighted by Crippen LogP contribution is 2.32. The molecule has 1 aliphatic rings. The number of aliphatic hydroxyl groups is 1. The van der Waals surface area contributed by atoms with Crippen LogP contribution in [0.4, 0.5) is 0 Å². The molecule has 2 nitrogen and oxygen atoms in total. The number of rotatable bonds is 3. The van der Waals surface area contributed by atoms with Crippen LogP contribution in [0.5, 0.6) is 0 Å². The summed E-state index contributed by atoms with van der Waals surface area (Å²) in [7, 11) is 0. The molecule has 2 rings (SSSR count). The first-order valence-electron chi connectivity index (χ1n) is 6.45. The summed E-state index contributed by atoms with van der Waals surface area (Å²) in [4.78, 5) is 2.40. The number of β-amino-alcohol motifs (C(OH)–C–C–N with tert-alkyl or cyclic N) is 1. The monoisotopic (exact) mass is 233 g/mol. The molecule has 1 aromatic carbocycles. The molecule has 0 saturated carbocycles. The Bertz CT molecular complexity index is 370. The van der Waals surface area contributed by atoms with E-state index in [0.29, 0.717) is 6.54 Å². The molecular weight excluding hydrogens is 210 g/mol. The zero-order valence-electron chi connectivity index (χ0n) is 11.1. The molecule has 94 valence electrons. The van der Waals surface area contributed by atoms with Crippen LogP contribution in [0.3, 0.4) is 0 Å². The lowest BCUT2D eigenvalue weighted by Crippen LogP contribution is -2.46. The zero-order chi connectivity index (χ0) is 12.5. The third kappa shape index (κ3) is 2.70. The summed E-state index contributed by atoms with van der Waals surface area (Å²) in [6.45, 7) is 8.25. The smallest absolute Gasteiger partial charge is 0.0995 e. The van der Waals surface area contributed by atoms with Crippen LogP contribution in [-0.4, -0.2) is 28.6 Å². The first-order valence-corrected chi connectivity index (χ1v) is 6.45. The zero-order valence-corrected chi connectivity index (χ0v) is 11.1. The fourth-order valence-electron chi connectivity index (χ4n) is 2.72. The van der Waals surface area contributed by atoms with E-state index < -0.39 is 5.60 Å². The van der Waals surface area contributed by atoms with Crippen LogP contribution in [0.15, 0.2) is 30.3 Å². The van der Waals surface area contributed by atoms with Gasteiger partial charge in [0.1, 0.15) is 0 Å². The van der Waals surface area contributed by atoms with Gasteiger partial charge in [-0.1, -0.05) is 30.3 Å². The minimum absolute atomic E-state index is 0.221. The standard InChI is InChI=1S/C15H23NO/c1-14(2)10-7-11-16(14)12-15(3,17)13-8-5-4-6-9-13/h4-6,8-9,17H,7,10-12H2,1-3H3. The van der Waals surface area contributed by atoms with E-state index in [9.17, 15) is 5.11 Å². The van der Waals surface area contributed by atoms with Gasteiger partial charge in [0.25, 0.3) is 0 Å². The van der Waals surface area contributed by atoms with Gasteiger partial charge in [-0.3, -0.25) is 4.90 Å². The van der Waals surface area contributed by atoms with Crippen LogP contribution in [0, 0.1) is 0 Å². The van der Waals surface area contributed by atoms with Gasteiger partial charge in [0.15, 0.2) is 0 Å². The Balaban J connectivity index is 2.13. The molecule has 0 radical (unpaired) electrons. The minimum atomic E-state index is -0.761. The van der Waals surface area contributed by atoms with Crippen LogP contribution in [0.1, 0.15) is 39.2 Å². The predicted octanol–water partition coefficient (Wildman–Crippen LogP) is 2.77. The van der Waals surface area contributed by atoms with Crippen molar-refractivity contribution in [3.05, 3.63) is 35.9 Å². The lowest BCUT2D eigenvalue weighted by atomic mass is 9.93. The topological polar surface area (TPSA) is 23.5 Å². The van der Waals surface area contributed by atoms with Crippen molar-refractivity contribution in [2.45, 2.75) is 44.8 Å². The van der Waals surface area contributed by atoms with Crippen LogP contribution < -0.4 is 0 Å². The Hall–Kier alpha value is -0.860. The van der Waals surface area contributed by atoms with E-state index in [1.807, 2.05) is 37.3 Å². The summed E-state index contributed by atoms with van der Waals surface area (Å²) in [6, 6.07) is 9.96. The summed E-state index contributed by atoms with van der Waals surface area (Å²) >= 11 is 0. The Morgan fingerprint density at radius 2 is 1.94 bits per heavy atom.